The van der Waals surface area contributed by atoms with Crippen LogP contribution < -0.4 is 20.1 Å². The molecule has 1 heterocycles. The van der Waals surface area contributed by atoms with Crippen LogP contribution in [0.2, 0.25) is 5.02 Å². The van der Waals surface area contributed by atoms with E-state index in [1.165, 1.54) is 19.2 Å². The van der Waals surface area contributed by atoms with Crippen molar-refractivity contribution in [2.24, 2.45) is 5.10 Å². The van der Waals surface area contributed by atoms with Crippen molar-refractivity contribution in [3.8, 4) is 11.5 Å². The molecule has 1 aliphatic heterocycles. The molecule has 2 N–H and O–H groups in total. The first-order valence-corrected chi connectivity index (χ1v) is 9.71. The number of benzene rings is 2. The van der Waals surface area contributed by atoms with E-state index in [0.29, 0.717) is 40.7 Å². The summed E-state index contributed by atoms with van der Waals surface area (Å²) in [7, 11) is 4.59. The van der Waals surface area contributed by atoms with Crippen LogP contribution in [-0.2, 0) is 11.2 Å². The third kappa shape index (κ3) is 4.65. The van der Waals surface area contributed by atoms with E-state index >= 15 is 0 Å². The maximum absolute atomic E-state index is 12.8. The highest BCUT2D eigenvalue weighted by Crippen LogP contribution is 2.36. The van der Waals surface area contributed by atoms with Crippen molar-refractivity contribution < 1.29 is 19.1 Å². The van der Waals surface area contributed by atoms with E-state index in [1.54, 1.807) is 31.3 Å². The van der Waals surface area contributed by atoms with Crippen LogP contribution in [0.1, 0.15) is 17.5 Å². The highest BCUT2D eigenvalue weighted by atomic mass is 35.5. The maximum Gasteiger partial charge on any atom is 0.318 e. The lowest BCUT2D eigenvalue weighted by atomic mass is 10.1. The fraction of sp³-hybridized carbons (Fsp3) is 0.286. The number of carbonyl (C=O) groups excluding carboxylic acids is 2. The molecule has 1 aliphatic rings. The standard InChI is InChI=1S/C21H23ClN4O4/c1-23-21(28)24-14-6-4-13(5-7-14)17-10-11-26(25-17)19(27)12-15-16(22)8-9-18(29-2)20(15)30-3/h4-9H,10-12H2,1-3H3,(H2,23,24,28). The number of halogens is 1. The van der Waals surface area contributed by atoms with Gasteiger partial charge in [0.15, 0.2) is 11.5 Å². The number of hydrogen-bond donors (Lipinski definition) is 2. The van der Waals surface area contributed by atoms with Crippen LogP contribution in [0.4, 0.5) is 10.5 Å². The minimum Gasteiger partial charge on any atom is -0.493 e. The molecule has 3 rings (SSSR count). The molecule has 0 aliphatic carbocycles. The van der Waals surface area contributed by atoms with Gasteiger partial charge in [-0.1, -0.05) is 23.7 Å². The molecule has 0 atom stereocenters. The first-order valence-electron chi connectivity index (χ1n) is 9.33. The molecule has 0 saturated heterocycles. The Labute approximate surface area is 179 Å². The molecule has 0 fully saturated rings. The Hall–Kier alpha value is -3.26. The second kappa shape index (κ2) is 9.49. The molecular weight excluding hydrogens is 408 g/mol. The van der Waals surface area contributed by atoms with Gasteiger partial charge in [-0.3, -0.25) is 4.79 Å². The molecular formula is C21H23ClN4O4. The number of carbonyl (C=O) groups is 2. The van der Waals surface area contributed by atoms with Crippen molar-refractivity contribution in [1.29, 1.82) is 0 Å². The number of rotatable bonds is 6. The van der Waals surface area contributed by atoms with E-state index in [2.05, 4.69) is 15.7 Å². The predicted molar refractivity (Wildman–Crippen MR) is 116 cm³/mol. The van der Waals surface area contributed by atoms with Crippen LogP contribution in [0.3, 0.4) is 0 Å². The molecule has 30 heavy (non-hydrogen) atoms. The third-order valence-electron chi connectivity index (χ3n) is 4.71. The number of hydrazone groups is 1. The molecule has 9 heteroatoms. The van der Waals surface area contributed by atoms with E-state index in [9.17, 15) is 9.59 Å². The molecule has 0 unspecified atom stereocenters. The van der Waals surface area contributed by atoms with Crippen molar-refractivity contribution in [2.75, 3.05) is 33.1 Å². The van der Waals surface area contributed by atoms with E-state index in [0.717, 1.165) is 11.3 Å². The van der Waals surface area contributed by atoms with Gasteiger partial charge >= 0.3 is 6.03 Å². The zero-order valence-corrected chi connectivity index (χ0v) is 17.7. The monoisotopic (exact) mass is 430 g/mol. The van der Waals surface area contributed by atoms with Gasteiger partial charge in [-0.2, -0.15) is 5.10 Å². The lowest BCUT2D eigenvalue weighted by Crippen LogP contribution is -2.25. The quantitative estimate of drug-likeness (QED) is 0.735. The average molecular weight is 431 g/mol. The van der Waals surface area contributed by atoms with Crippen LogP contribution in [0.15, 0.2) is 41.5 Å². The number of urea groups is 1. The normalized spacial score (nSPS) is 12.9. The van der Waals surface area contributed by atoms with Crippen LogP contribution >= 0.6 is 11.6 Å². The van der Waals surface area contributed by atoms with Crippen molar-refractivity contribution in [1.82, 2.24) is 10.3 Å². The largest absolute Gasteiger partial charge is 0.493 e. The average Bonchev–Trinajstić information content (AvgIpc) is 3.25. The Morgan fingerprint density at radius 1 is 1.13 bits per heavy atom. The second-order valence-corrected chi connectivity index (χ2v) is 6.94. The smallest absolute Gasteiger partial charge is 0.318 e. The lowest BCUT2D eigenvalue weighted by molar-refractivity contribution is -0.130. The first-order chi connectivity index (χ1) is 14.5. The van der Waals surface area contributed by atoms with Crippen LogP contribution in [0, 0.1) is 0 Å². The van der Waals surface area contributed by atoms with Gasteiger partial charge in [0.2, 0.25) is 5.91 Å². The van der Waals surface area contributed by atoms with Gasteiger partial charge in [0, 0.05) is 29.7 Å². The van der Waals surface area contributed by atoms with Gasteiger partial charge in [-0.25, -0.2) is 9.80 Å². The van der Waals surface area contributed by atoms with Crippen molar-refractivity contribution in [3.63, 3.8) is 0 Å². The summed E-state index contributed by atoms with van der Waals surface area (Å²) in [6.45, 7) is 0.482. The molecule has 158 valence electrons. The predicted octanol–water partition coefficient (Wildman–Crippen LogP) is 3.29. The summed E-state index contributed by atoms with van der Waals surface area (Å²) >= 11 is 6.30. The maximum atomic E-state index is 12.8. The van der Waals surface area contributed by atoms with Crippen LogP contribution in [-0.4, -0.2) is 50.5 Å². The zero-order chi connectivity index (χ0) is 21.7. The summed E-state index contributed by atoms with van der Waals surface area (Å²) in [5.74, 6) is 0.776. The fourth-order valence-corrected chi connectivity index (χ4v) is 3.37. The van der Waals surface area contributed by atoms with E-state index in [1.807, 2.05) is 12.1 Å². The number of methoxy groups -OCH3 is 2. The van der Waals surface area contributed by atoms with Gasteiger partial charge in [-0.05, 0) is 29.8 Å². The topological polar surface area (TPSA) is 92.3 Å². The van der Waals surface area contributed by atoms with Crippen molar-refractivity contribution in [3.05, 3.63) is 52.5 Å². The van der Waals surface area contributed by atoms with E-state index in [-0.39, 0.29) is 18.4 Å². The van der Waals surface area contributed by atoms with Gasteiger partial charge in [0.1, 0.15) is 0 Å². The number of hydrogen-bond acceptors (Lipinski definition) is 5. The molecule has 3 amide bonds. The number of nitrogens with one attached hydrogen (secondary N) is 2. The first kappa shape index (κ1) is 21.4. The summed E-state index contributed by atoms with van der Waals surface area (Å²) in [5, 5.41) is 11.6. The molecule has 2 aromatic rings. The Balaban J connectivity index is 1.73. The third-order valence-corrected chi connectivity index (χ3v) is 5.07. The van der Waals surface area contributed by atoms with Crippen LogP contribution in [0.25, 0.3) is 0 Å². The highest BCUT2D eigenvalue weighted by molar-refractivity contribution is 6.31. The van der Waals surface area contributed by atoms with Gasteiger partial charge in [-0.15, -0.1) is 0 Å². The summed E-state index contributed by atoms with van der Waals surface area (Å²) in [4.78, 5) is 24.2. The minimum atomic E-state index is -0.288. The van der Waals surface area contributed by atoms with Gasteiger partial charge in [0.05, 0.1) is 32.9 Å². The molecule has 2 aromatic carbocycles. The number of nitrogens with zero attached hydrogens (tertiary/aromatic N) is 2. The Bertz CT molecular complexity index is 976. The Kier molecular flexibility index (Phi) is 6.79. The summed E-state index contributed by atoms with van der Waals surface area (Å²) < 4.78 is 10.7. The second-order valence-electron chi connectivity index (χ2n) is 6.53. The van der Waals surface area contributed by atoms with Crippen LogP contribution in [0.5, 0.6) is 11.5 Å². The Morgan fingerprint density at radius 3 is 2.50 bits per heavy atom. The highest BCUT2D eigenvalue weighted by Gasteiger charge is 2.25. The molecule has 0 spiro atoms. The SMILES string of the molecule is CNC(=O)Nc1ccc(C2=NN(C(=O)Cc3c(Cl)ccc(OC)c3OC)CC2)cc1. The van der Waals surface area contributed by atoms with Crippen molar-refractivity contribution >= 4 is 34.9 Å². The molecule has 0 aromatic heterocycles. The lowest BCUT2D eigenvalue weighted by Gasteiger charge is -2.16. The zero-order valence-electron chi connectivity index (χ0n) is 17.0. The number of anilines is 1. The Morgan fingerprint density at radius 2 is 1.87 bits per heavy atom. The number of amides is 3. The van der Waals surface area contributed by atoms with Crippen molar-refractivity contribution in [2.45, 2.75) is 12.8 Å². The summed E-state index contributed by atoms with van der Waals surface area (Å²) in [5.41, 5.74) is 2.93. The summed E-state index contributed by atoms with van der Waals surface area (Å²) in [6, 6.07) is 10.4. The fourth-order valence-electron chi connectivity index (χ4n) is 3.15. The minimum absolute atomic E-state index is 0.0466. The van der Waals surface area contributed by atoms with Gasteiger partial charge < -0.3 is 20.1 Å². The van der Waals surface area contributed by atoms with E-state index < -0.39 is 0 Å². The number of ether oxygens (including phenoxy) is 2. The van der Waals surface area contributed by atoms with Gasteiger partial charge in [0.25, 0.3) is 0 Å². The molecule has 0 bridgehead atoms. The summed E-state index contributed by atoms with van der Waals surface area (Å²) in [6.07, 6.45) is 0.682. The molecule has 0 saturated carbocycles. The molecule has 8 nitrogen and oxygen atoms in total. The molecule has 0 radical (unpaired) electrons. The van der Waals surface area contributed by atoms with E-state index in [4.69, 9.17) is 21.1 Å².